The van der Waals surface area contributed by atoms with E-state index in [1.54, 1.807) is 17.8 Å². The van der Waals surface area contributed by atoms with Crippen molar-refractivity contribution < 1.29 is 0 Å². The normalized spacial score (nSPS) is 16.5. The fraction of sp³-hybridized carbons (Fsp3) is 0.600. The van der Waals surface area contributed by atoms with Crippen LogP contribution in [0.1, 0.15) is 18.2 Å². The first-order valence-corrected chi connectivity index (χ1v) is 9.05. The Kier molecular flexibility index (Phi) is 6.70. The van der Waals surface area contributed by atoms with E-state index in [-0.39, 0.29) is 6.71 Å². The molecule has 2 aliphatic rings. The van der Waals surface area contributed by atoms with E-state index in [0.717, 1.165) is 61.9 Å². The fourth-order valence-electron chi connectivity index (χ4n) is 2.91. The number of aromatic nitrogens is 2. The lowest BCUT2D eigenvalue weighted by Crippen LogP contribution is -2.44. The van der Waals surface area contributed by atoms with Crippen LogP contribution in [0.5, 0.6) is 0 Å². The van der Waals surface area contributed by atoms with Gasteiger partial charge in [-0.15, -0.1) is 0 Å². The van der Waals surface area contributed by atoms with Crippen molar-refractivity contribution in [1.82, 2.24) is 15.3 Å². The van der Waals surface area contributed by atoms with Gasteiger partial charge in [0.15, 0.2) is 5.16 Å². The maximum absolute atomic E-state index is 9.14. The second kappa shape index (κ2) is 8.76. The molecule has 1 saturated heterocycles. The van der Waals surface area contributed by atoms with E-state index in [9.17, 15) is 0 Å². The summed E-state index contributed by atoms with van der Waals surface area (Å²) in [5.74, 6) is 3.50. The third-order valence-electron chi connectivity index (χ3n) is 4.01. The van der Waals surface area contributed by atoms with Crippen LogP contribution in [0.25, 0.3) is 0 Å². The van der Waals surface area contributed by atoms with Gasteiger partial charge in [0.1, 0.15) is 5.82 Å². The number of nitrogens with one attached hydrogen (secondary N) is 1. The van der Waals surface area contributed by atoms with Crippen molar-refractivity contribution in [1.29, 1.82) is 10.5 Å². The molecule has 1 aromatic rings. The van der Waals surface area contributed by atoms with Crippen molar-refractivity contribution in [2.45, 2.75) is 31.1 Å². The molecule has 23 heavy (non-hydrogen) atoms. The molecule has 0 aliphatic carbocycles. The maximum Gasteiger partial charge on any atom is 0.274 e. The van der Waals surface area contributed by atoms with Crippen LogP contribution in [0.15, 0.2) is 5.16 Å². The minimum atomic E-state index is 0.114. The molecule has 0 saturated carbocycles. The van der Waals surface area contributed by atoms with E-state index in [1.165, 1.54) is 12.5 Å². The summed E-state index contributed by atoms with van der Waals surface area (Å²) in [6.07, 6.45) is 4.65. The molecule has 120 valence electrons. The molecule has 0 atom stereocenters. The van der Waals surface area contributed by atoms with E-state index in [4.69, 9.17) is 15.5 Å². The van der Waals surface area contributed by atoms with Gasteiger partial charge in [-0.1, -0.05) is 18.1 Å². The number of hydrogen-bond acceptors (Lipinski definition) is 7. The van der Waals surface area contributed by atoms with Crippen LogP contribution >= 0.6 is 11.8 Å². The van der Waals surface area contributed by atoms with E-state index in [1.807, 2.05) is 6.26 Å². The van der Waals surface area contributed by atoms with Crippen LogP contribution in [0.4, 0.5) is 5.82 Å². The zero-order valence-corrected chi connectivity index (χ0v) is 14.5. The zero-order valence-electron chi connectivity index (χ0n) is 13.7. The van der Waals surface area contributed by atoms with E-state index in [2.05, 4.69) is 21.2 Å². The average molecular weight is 328 g/mol. The molecule has 1 N–H and O–H groups in total. The number of rotatable bonds is 2. The molecule has 2 aliphatic heterocycles. The Balaban J connectivity index is 0.000000595. The summed E-state index contributed by atoms with van der Waals surface area (Å²) in [6, 6.07) is 1.75. The Morgan fingerprint density at radius 2 is 1.96 bits per heavy atom. The summed E-state index contributed by atoms with van der Waals surface area (Å²) in [7, 11) is 0. The molecule has 6 nitrogen and oxygen atoms in total. The first kappa shape index (κ1) is 17.6. The van der Waals surface area contributed by atoms with Crippen LogP contribution in [0, 0.1) is 22.6 Å². The quantitative estimate of drug-likeness (QED) is 0.498. The molecular weight excluding hydrogens is 307 g/mol. The Hall–Kier alpha value is -1.77. The third-order valence-corrected chi connectivity index (χ3v) is 4.56. The van der Waals surface area contributed by atoms with Gasteiger partial charge in [0.2, 0.25) is 0 Å². The second-order valence-electron chi connectivity index (χ2n) is 5.49. The minimum absolute atomic E-state index is 0.114. The van der Waals surface area contributed by atoms with Gasteiger partial charge < -0.3 is 10.2 Å². The lowest BCUT2D eigenvalue weighted by atomic mass is 9.43. The number of fused-ring (bicyclic) bond motifs is 1. The highest BCUT2D eigenvalue weighted by molar-refractivity contribution is 7.98. The lowest BCUT2D eigenvalue weighted by molar-refractivity contribution is 0.579. The second-order valence-corrected chi connectivity index (χ2v) is 6.26. The SMILES string of the molecule is CC#N.CSc1nc2c(c(N3CCNCC3)n1)CCB(C#N)C2. The Labute approximate surface area is 142 Å². The zero-order chi connectivity index (χ0) is 16.7. The summed E-state index contributed by atoms with van der Waals surface area (Å²) in [6.45, 7) is 5.56. The van der Waals surface area contributed by atoms with Gasteiger partial charge in [-0.2, -0.15) is 5.26 Å². The smallest absolute Gasteiger partial charge is 0.274 e. The molecule has 0 amide bonds. The molecule has 0 radical (unpaired) electrons. The predicted molar refractivity (Wildman–Crippen MR) is 93.8 cm³/mol. The van der Waals surface area contributed by atoms with Gasteiger partial charge in [0, 0.05) is 50.3 Å². The molecule has 1 fully saturated rings. The van der Waals surface area contributed by atoms with Crippen LogP contribution in [-0.4, -0.2) is 49.1 Å². The molecule has 0 bridgehead atoms. The largest absolute Gasteiger partial charge is 0.354 e. The standard InChI is InChI=1S/C13H18BN5S.C2H3N/c1-20-13-17-11-8-14(9-15)3-2-10(11)12(18-13)19-6-4-16-5-7-19;1-2-3/h16H,2-8H2,1H3;1H3. The summed E-state index contributed by atoms with van der Waals surface area (Å²) in [4.78, 5) is 11.8. The van der Waals surface area contributed by atoms with Crippen molar-refractivity contribution in [3.8, 4) is 12.0 Å². The summed E-state index contributed by atoms with van der Waals surface area (Å²) in [5, 5.41) is 20.7. The number of anilines is 1. The highest BCUT2D eigenvalue weighted by atomic mass is 32.2. The summed E-state index contributed by atoms with van der Waals surface area (Å²) >= 11 is 1.58. The predicted octanol–water partition coefficient (Wildman–Crippen LogP) is 1.33. The van der Waals surface area contributed by atoms with Gasteiger partial charge in [-0.05, 0) is 19.0 Å². The van der Waals surface area contributed by atoms with Gasteiger partial charge >= 0.3 is 0 Å². The number of nitriles is 2. The lowest BCUT2D eigenvalue weighted by Gasteiger charge is -2.32. The molecule has 3 heterocycles. The highest BCUT2D eigenvalue weighted by Gasteiger charge is 2.28. The molecule has 0 aromatic carbocycles. The Morgan fingerprint density at radius 3 is 2.57 bits per heavy atom. The number of nitrogens with zero attached hydrogens (tertiary/aromatic N) is 5. The molecule has 8 heteroatoms. The van der Waals surface area contributed by atoms with E-state index < -0.39 is 0 Å². The van der Waals surface area contributed by atoms with Crippen LogP contribution < -0.4 is 10.2 Å². The van der Waals surface area contributed by atoms with Crippen molar-refractivity contribution in [2.24, 2.45) is 0 Å². The molecular formula is C15H21BN6S. The Bertz CT molecular complexity index is 618. The topological polar surface area (TPSA) is 88.6 Å². The van der Waals surface area contributed by atoms with E-state index in [0.29, 0.717) is 0 Å². The average Bonchev–Trinajstić information content (AvgIpc) is 2.61. The molecule has 0 unspecified atom stereocenters. The molecule has 0 spiro atoms. The summed E-state index contributed by atoms with van der Waals surface area (Å²) in [5.41, 5.74) is 2.37. The van der Waals surface area contributed by atoms with Gasteiger partial charge in [-0.25, -0.2) is 15.2 Å². The Morgan fingerprint density at radius 1 is 1.26 bits per heavy atom. The summed E-state index contributed by atoms with van der Waals surface area (Å²) < 4.78 is 0. The van der Waals surface area contributed by atoms with Crippen molar-refractivity contribution in [3.05, 3.63) is 11.3 Å². The van der Waals surface area contributed by atoms with Crippen LogP contribution in [0.3, 0.4) is 0 Å². The van der Waals surface area contributed by atoms with E-state index >= 15 is 0 Å². The molecule has 1 aromatic heterocycles. The van der Waals surface area contributed by atoms with Crippen molar-refractivity contribution in [2.75, 3.05) is 37.3 Å². The van der Waals surface area contributed by atoms with Gasteiger partial charge in [0.05, 0.1) is 6.07 Å². The van der Waals surface area contributed by atoms with Gasteiger partial charge in [0.25, 0.3) is 6.71 Å². The van der Waals surface area contributed by atoms with Crippen LogP contribution in [0.2, 0.25) is 6.32 Å². The number of thioether (sulfide) groups is 1. The fourth-order valence-corrected chi connectivity index (χ4v) is 3.29. The van der Waals surface area contributed by atoms with Crippen LogP contribution in [-0.2, 0) is 12.7 Å². The first-order chi connectivity index (χ1) is 11.2. The molecule has 3 rings (SSSR count). The third kappa shape index (κ3) is 4.37. The highest BCUT2D eigenvalue weighted by Crippen LogP contribution is 2.30. The van der Waals surface area contributed by atoms with Gasteiger partial charge in [-0.3, -0.25) is 0 Å². The van der Waals surface area contributed by atoms with Crippen molar-refractivity contribution >= 4 is 24.3 Å². The maximum atomic E-state index is 9.14. The van der Waals surface area contributed by atoms with Crippen molar-refractivity contribution in [3.63, 3.8) is 0 Å². The first-order valence-electron chi connectivity index (χ1n) is 7.83. The monoisotopic (exact) mass is 328 g/mol. The number of piperazine rings is 1. The minimum Gasteiger partial charge on any atom is -0.354 e. The number of hydrogen-bond donors (Lipinski definition) is 1.